The third kappa shape index (κ3) is 3.52. The Bertz CT molecular complexity index is 378. The van der Waals surface area contributed by atoms with Gasteiger partial charge >= 0.3 is 0 Å². The molecule has 2 atom stereocenters. The molecule has 0 amide bonds. The number of ether oxygens (including phenoxy) is 2. The molecule has 5 nitrogen and oxygen atoms in total. The molecule has 1 aromatic heterocycles. The number of methoxy groups -OCH3 is 1. The van der Waals surface area contributed by atoms with Crippen molar-refractivity contribution in [3.63, 3.8) is 0 Å². The number of nitrogens with one attached hydrogen (secondary N) is 1. The molecule has 0 spiro atoms. The van der Waals surface area contributed by atoms with Crippen molar-refractivity contribution in [3.05, 3.63) is 11.9 Å². The van der Waals surface area contributed by atoms with Crippen molar-refractivity contribution in [1.82, 2.24) is 15.1 Å². The van der Waals surface area contributed by atoms with E-state index >= 15 is 0 Å². The Morgan fingerprint density at radius 1 is 1.55 bits per heavy atom. The van der Waals surface area contributed by atoms with Crippen LogP contribution in [0.3, 0.4) is 0 Å². The summed E-state index contributed by atoms with van der Waals surface area (Å²) in [5.74, 6) is 0.874. The lowest BCUT2D eigenvalue weighted by Gasteiger charge is -2.23. The van der Waals surface area contributed by atoms with E-state index in [-0.39, 0.29) is 6.04 Å². The van der Waals surface area contributed by atoms with E-state index < -0.39 is 0 Å². The summed E-state index contributed by atoms with van der Waals surface area (Å²) in [5, 5.41) is 8.05. The molecule has 5 heteroatoms. The average Bonchev–Trinajstić information content (AvgIpc) is 3.11. The first-order chi connectivity index (χ1) is 9.80. The Hall–Kier alpha value is -1.07. The van der Waals surface area contributed by atoms with Crippen LogP contribution >= 0.6 is 0 Å². The molecule has 20 heavy (non-hydrogen) atoms. The molecular formula is C15H27N3O2. The van der Waals surface area contributed by atoms with E-state index in [2.05, 4.69) is 24.3 Å². The summed E-state index contributed by atoms with van der Waals surface area (Å²) < 4.78 is 13.3. The minimum absolute atomic E-state index is 0.246. The largest absolute Gasteiger partial charge is 0.493 e. The maximum absolute atomic E-state index is 5.80. The topological polar surface area (TPSA) is 48.3 Å². The second-order valence-corrected chi connectivity index (χ2v) is 5.29. The lowest BCUT2D eigenvalue weighted by molar-refractivity contribution is 0.0933. The Morgan fingerprint density at radius 3 is 3.00 bits per heavy atom. The molecule has 2 rings (SSSR count). The molecule has 1 fully saturated rings. The molecule has 0 aromatic carbocycles. The van der Waals surface area contributed by atoms with Gasteiger partial charge in [0, 0.05) is 13.2 Å². The minimum Gasteiger partial charge on any atom is -0.493 e. The fourth-order valence-electron chi connectivity index (χ4n) is 2.84. The summed E-state index contributed by atoms with van der Waals surface area (Å²) in [7, 11) is 1.71. The van der Waals surface area contributed by atoms with E-state index in [0.717, 1.165) is 50.4 Å². The summed E-state index contributed by atoms with van der Waals surface area (Å²) >= 11 is 0. The van der Waals surface area contributed by atoms with Crippen LogP contribution in [0, 0.1) is 0 Å². The van der Waals surface area contributed by atoms with Crippen molar-refractivity contribution in [3.8, 4) is 5.75 Å². The van der Waals surface area contributed by atoms with Crippen molar-refractivity contribution in [2.75, 3.05) is 20.3 Å². The molecule has 1 N–H and O–H groups in total. The van der Waals surface area contributed by atoms with Gasteiger partial charge in [-0.1, -0.05) is 6.92 Å². The number of rotatable bonds is 8. The average molecular weight is 281 g/mol. The highest BCUT2D eigenvalue weighted by molar-refractivity contribution is 5.28. The van der Waals surface area contributed by atoms with E-state index in [1.807, 2.05) is 10.9 Å². The van der Waals surface area contributed by atoms with Crippen molar-refractivity contribution in [2.24, 2.45) is 0 Å². The summed E-state index contributed by atoms with van der Waals surface area (Å²) in [5.41, 5.74) is 1.15. The summed E-state index contributed by atoms with van der Waals surface area (Å²) in [4.78, 5) is 0. The van der Waals surface area contributed by atoms with E-state index in [1.54, 1.807) is 7.11 Å². The Labute approximate surface area is 121 Å². The first kappa shape index (κ1) is 15.3. The molecule has 2 heterocycles. The van der Waals surface area contributed by atoms with Crippen LogP contribution in [-0.4, -0.2) is 36.1 Å². The molecule has 0 saturated carbocycles. The molecular weight excluding hydrogens is 254 g/mol. The van der Waals surface area contributed by atoms with Crippen LogP contribution in [0.25, 0.3) is 0 Å². The van der Waals surface area contributed by atoms with E-state index in [0.29, 0.717) is 6.10 Å². The monoisotopic (exact) mass is 281 g/mol. The van der Waals surface area contributed by atoms with Crippen molar-refractivity contribution < 1.29 is 9.47 Å². The van der Waals surface area contributed by atoms with Gasteiger partial charge in [0.1, 0.15) is 0 Å². The molecule has 114 valence electrons. The zero-order chi connectivity index (χ0) is 14.4. The molecule has 1 aliphatic rings. The number of hydrogen-bond acceptors (Lipinski definition) is 4. The molecule has 1 aliphatic heterocycles. The fraction of sp³-hybridized carbons (Fsp3) is 0.800. The van der Waals surface area contributed by atoms with Crippen molar-refractivity contribution in [1.29, 1.82) is 0 Å². The van der Waals surface area contributed by atoms with Gasteiger partial charge in [-0.3, -0.25) is 4.68 Å². The van der Waals surface area contributed by atoms with Crippen LogP contribution in [0.5, 0.6) is 5.75 Å². The lowest BCUT2D eigenvalue weighted by atomic mass is 10.0. The van der Waals surface area contributed by atoms with Gasteiger partial charge in [-0.05, 0) is 39.2 Å². The van der Waals surface area contributed by atoms with Gasteiger partial charge in [0.15, 0.2) is 5.75 Å². The lowest BCUT2D eigenvalue weighted by Crippen LogP contribution is -2.28. The van der Waals surface area contributed by atoms with Crippen LogP contribution in [0.1, 0.15) is 51.3 Å². The van der Waals surface area contributed by atoms with E-state index in [9.17, 15) is 0 Å². The Balaban J connectivity index is 2.17. The first-order valence-corrected chi connectivity index (χ1v) is 7.74. The molecule has 0 radical (unpaired) electrons. The molecule has 0 aliphatic carbocycles. The number of nitrogens with zero attached hydrogens (tertiary/aromatic N) is 2. The van der Waals surface area contributed by atoms with Gasteiger partial charge in [-0.25, -0.2) is 0 Å². The van der Waals surface area contributed by atoms with Crippen molar-refractivity contribution >= 4 is 0 Å². The quantitative estimate of drug-likeness (QED) is 0.795. The normalized spacial score (nSPS) is 20.2. The zero-order valence-electron chi connectivity index (χ0n) is 12.9. The van der Waals surface area contributed by atoms with Crippen LogP contribution in [0.15, 0.2) is 6.20 Å². The van der Waals surface area contributed by atoms with Gasteiger partial charge in [-0.2, -0.15) is 5.10 Å². The highest BCUT2D eigenvalue weighted by Crippen LogP contribution is 2.31. The highest BCUT2D eigenvalue weighted by Gasteiger charge is 2.26. The van der Waals surface area contributed by atoms with Crippen LogP contribution < -0.4 is 10.1 Å². The SMILES string of the molecule is CCCNC(CC1CCCO1)c1c(OC)cnn1CC. The third-order valence-electron chi connectivity index (χ3n) is 3.86. The van der Waals surface area contributed by atoms with E-state index in [4.69, 9.17) is 9.47 Å². The predicted molar refractivity (Wildman–Crippen MR) is 79.1 cm³/mol. The van der Waals surface area contributed by atoms with Gasteiger partial charge in [0.25, 0.3) is 0 Å². The minimum atomic E-state index is 0.246. The third-order valence-corrected chi connectivity index (χ3v) is 3.86. The number of aromatic nitrogens is 2. The number of hydrogen-bond donors (Lipinski definition) is 1. The maximum Gasteiger partial charge on any atom is 0.161 e. The summed E-state index contributed by atoms with van der Waals surface area (Å²) in [6, 6.07) is 0.246. The molecule has 1 aromatic rings. The maximum atomic E-state index is 5.80. The van der Waals surface area contributed by atoms with Gasteiger partial charge < -0.3 is 14.8 Å². The first-order valence-electron chi connectivity index (χ1n) is 7.74. The van der Waals surface area contributed by atoms with Crippen molar-refractivity contribution in [2.45, 2.75) is 58.2 Å². The fourth-order valence-corrected chi connectivity index (χ4v) is 2.84. The van der Waals surface area contributed by atoms with E-state index in [1.165, 1.54) is 6.42 Å². The Kier molecular flexibility index (Phi) is 5.86. The van der Waals surface area contributed by atoms with Gasteiger partial charge in [0.05, 0.1) is 31.1 Å². The standard InChI is InChI=1S/C15H27N3O2/c1-4-8-16-13(10-12-7-6-9-20-12)15-14(19-3)11-17-18(15)5-2/h11-13,16H,4-10H2,1-3H3. The highest BCUT2D eigenvalue weighted by atomic mass is 16.5. The predicted octanol–water partition coefficient (Wildman–Crippen LogP) is 2.52. The smallest absolute Gasteiger partial charge is 0.161 e. The van der Waals surface area contributed by atoms with Crippen LogP contribution in [-0.2, 0) is 11.3 Å². The van der Waals surface area contributed by atoms with Crippen LogP contribution in [0.4, 0.5) is 0 Å². The Morgan fingerprint density at radius 2 is 2.40 bits per heavy atom. The van der Waals surface area contributed by atoms with Gasteiger partial charge in [-0.15, -0.1) is 0 Å². The summed E-state index contributed by atoms with van der Waals surface area (Å²) in [6.07, 6.45) is 6.61. The zero-order valence-corrected chi connectivity index (χ0v) is 12.9. The van der Waals surface area contributed by atoms with Gasteiger partial charge in [0.2, 0.25) is 0 Å². The summed E-state index contributed by atoms with van der Waals surface area (Å²) in [6.45, 7) is 7.04. The number of aryl methyl sites for hydroxylation is 1. The second-order valence-electron chi connectivity index (χ2n) is 5.29. The molecule has 1 saturated heterocycles. The second kappa shape index (κ2) is 7.64. The molecule has 0 bridgehead atoms. The van der Waals surface area contributed by atoms with Crippen LogP contribution in [0.2, 0.25) is 0 Å². The molecule has 2 unspecified atom stereocenters.